The first-order chi connectivity index (χ1) is 12.3. The topological polar surface area (TPSA) is 141 Å². The van der Waals surface area contributed by atoms with Gasteiger partial charge >= 0.3 is 12.1 Å². The predicted octanol–water partition coefficient (Wildman–Crippen LogP) is -1.09. The third-order valence-electron chi connectivity index (χ3n) is 5.10. The number of aliphatic imine (C=N–C) groups is 1. The van der Waals surface area contributed by atoms with Gasteiger partial charge in [0.25, 0.3) is 0 Å². The summed E-state index contributed by atoms with van der Waals surface area (Å²) in [5.41, 5.74) is 0.699. The molecule has 0 saturated carbocycles. The second-order valence-corrected chi connectivity index (χ2v) is 6.64. The molecular formula is C16H22N4O6. The third kappa shape index (κ3) is 3.00. The average molecular weight is 366 g/mol. The van der Waals surface area contributed by atoms with Gasteiger partial charge in [-0.15, -0.1) is 0 Å². The van der Waals surface area contributed by atoms with E-state index >= 15 is 0 Å². The van der Waals surface area contributed by atoms with Crippen LogP contribution in [0.25, 0.3) is 0 Å². The number of carboxylic acid groups (broad SMARTS) is 1. The number of rotatable bonds is 5. The molecule has 1 fully saturated rings. The molecule has 3 rings (SSSR count). The molecule has 0 bridgehead atoms. The summed E-state index contributed by atoms with van der Waals surface area (Å²) in [7, 11) is 1.27. The molecule has 3 heterocycles. The first kappa shape index (κ1) is 18.2. The van der Waals surface area contributed by atoms with Crippen LogP contribution in [0.5, 0.6) is 0 Å². The monoisotopic (exact) mass is 366 g/mol. The summed E-state index contributed by atoms with van der Waals surface area (Å²) in [4.78, 5) is 40.7. The number of carbonyl (C=O) groups excluding carboxylic acids is 2. The van der Waals surface area contributed by atoms with E-state index in [1.807, 2.05) is 0 Å². The molecule has 0 aromatic heterocycles. The lowest BCUT2D eigenvalue weighted by Crippen LogP contribution is -2.61. The van der Waals surface area contributed by atoms with Gasteiger partial charge in [-0.1, -0.05) is 0 Å². The highest BCUT2D eigenvalue weighted by Crippen LogP contribution is 2.45. The van der Waals surface area contributed by atoms with E-state index in [9.17, 15) is 24.6 Å². The Bertz CT molecular complexity index is 701. The number of amides is 2. The lowest BCUT2D eigenvalue weighted by atomic mass is 9.82. The second-order valence-electron chi connectivity index (χ2n) is 6.64. The minimum Gasteiger partial charge on any atom is -0.477 e. The predicted molar refractivity (Wildman–Crippen MR) is 89.3 cm³/mol. The first-order valence-electron chi connectivity index (χ1n) is 8.41. The highest BCUT2D eigenvalue weighted by atomic mass is 16.5. The number of ether oxygens (including phenoxy) is 1. The molecule has 26 heavy (non-hydrogen) atoms. The van der Waals surface area contributed by atoms with E-state index in [1.165, 1.54) is 12.0 Å². The second kappa shape index (κ2) is 6.94. The molecule has 3 aliphatic heterocycles. The molecular weight excluding hydrogens is 344 g/mol. The van der Waals surface area contributed by atoms with Crippen LogP contribution in [0.15, 0.2) is 16.3 Å². The number of aliphatic hydroxyl groups is 1. The number of carboxylic acids is 1. The number of aliphatic hydroxyl groups excluding tert-OH is 1. The van der Waals surface area contributed by atoms with Crippen LogP contribution in [0, 0.1) is 11.8 Å². The lowest BCUT2D eigenvalue weighted by Gasteiger charge is -2.44. The van der Waals surface area contributed by atoms with Crippen molar-refractivity contribution >= 4 is 23.8 Å². The Labute approximate surface area is 149 Å². The number of β-lactam (4-membered cyclic amide) rings is 1. The van der Waals surface area contributed by atoms with Crippen molar-refractivity contribution in [2.45, 2.75) is 25.5 Å². The van der Waals surface area contributed by atoms with Gasteiger partial charge in [0.2, 0.25) is 5.91 Å². The van der Waals surface area contributed by atoms with Crippen LogP contribution >= 0.6 is 0 Å². The molecule has 2 amide bonds. The Kier molecular flexibility index (Phi) is 4.86. The summed E-state index contributed by atoms with van der Waals surface area (Å²) in [6.45, 7) is 2.57. The van der Waals surface area contributed by atoms with Gasteiger partial charge < -0.3 is 30.5 Å². The Balaban J connectivity index is 1.71. The van der Waals surface area contributed by atoms with Crippen LogP contribution in [0.2, 0.25) is 0 Å². The average Bonchev–Trinajstić information content (AvgIpc) is 2.95. The normalized spacial score (nSPS) is 28.6. The van der Waals surface area contributed by atoms with E-state index in [0.717, 1.165) is 0 Å². The van der Waals surface area contributed by atoms with Gasteiger partial charge in [0.1, 0.15) is 11.5 Å². The molecule has 1 saturated heterocycles. The molecule has 1 unspecified atom stereocenters. The Morgan fingerprint density at radius 2 is 2.23 bits per heavy atom. The molecule has 0 spiro atoms. The fraction of sp³-hybridized carbons (Fsp3) is 0.625. The number of nitrogens with one attached hydrogen (secondary N) is 2. The van der Waals surface area contributed by atoms with Crippen LogP contribution in [0.3, 0.4) is 0 Å². The van der Waals surface area contributed by atoms with Crippen molar-refractivity contribution in [3.63, 3.8) is 0 Å². The van der Waals surface area contributed by atoms with Gasteiger partial charge in [-0.3, -0.25) is 9.79 Å². The molecule has 10 heteroatoms. The van der Waals surface area contributed by atoms with Gasteiger partial charge in [0.15, 0.2) is 0 Å². The van der Waals surface area contributed by atoms with Crippen molar-refractivity contribution in [1.82, 2.24) is 15.5 Å². The molecule has 0 radical (unpaired) electrons. The summed E-state index contributed by atoms with van der Waals surface area (Å²) in [6, 6.07) is -0.296. The van der Waals surface area contributed by atoms with Crippen molar-refractivity contribution in [1.29, 1.82) is 0 Å². The number of hydrogen-bond acceptors (Lipinski definition) is 7. The van der Waals surface area contributed by atoms with E-state index in [1.54, 1.807) is 6.92 Å². The molecule has 0 aromatic rings. The number of aliphatic carboxylic acids is 1. The molecule has 142 valence electrons. The number of hydrogen-bond donors (Lipinski definition) is 4. The quantitative estimate of drug-likeness (QED) is 0.453. The van der Waals surface area contributed by atoms with E-state index in [2.05, 4.69) is 20.4 Å². The standard InChI is InChI=1S/C16H22N4O6/c1-7(21)12-10-3-9(13(15(23)24)20(10)14(12)22)8-4-17-11(18-5-8)6-19-16(25)26-2/h7-8,10,12,21H,3-6H2,1-2H3,(H,17,18)(H,19,25)(H,23,24)/t7-,10-,12-/m1/s1. The number of carbonyl (C=O) groups is 3. The van der Waals surface area contributed by atoms with E-state index < -0.39 is 24.1 Å². The maximum Gasteiger partial charge on any atom is 0.407 e. The summed E-state index contributed by atoms with van der Waals surface area (Å²) >= 11 is 0. The van der Waals surface area contributed by atoms with Crippen LogP contribution in [0.4, 0.5) is 4.79 Å². The number of fused-ring (bicyclic) bond motifs is 1. The van der Waals surface area contributed by atoms with Gasteiger partial charge in [-0.25, -0.2) is 9.59 Å². The van der Waals surface area contributed by atoms with Crippen LogP contribution < -0.4 is 10.6 Å². The van der Waals surface area contributed by atoms with Crippen LogP contribution in [0.1, 0.15) is 13.3 Å². The fourth-order valence-electron chi connectivity index (χ4n) is 3.83. The van der Waals surface area contributed by atoms with Crippen molar-refractivity contribution in [3.8, 4) is 0 Å². The zero-order valence-electron chi connectivity index (χ0n) is 14.6. The maximum absolute atomic E-state index is 12.2. The summed E-state index contributed by atoms with van der Waals surface area (Å²) in [5, 5.41) is 24.9. The fourth-order valence-corrected chi connectivity index (χ4v) is 3.83. The van der Waals surface area contributed by atoms with E-state index in [0.29, 0.717) is 30.9 Å². The zero-order valence-corrected chi connectivity index (χ0v) is 14.6. The van der Waals surface area contributed by atoms with Crippen molar-refractivity contribution in [3.05, 3.63) is 11.3 Å². The van der Waals surface area contributed by atoms with Crippen molar-refractivity contribution in [2.75, 3.05) is 26.7 Å². The summed E-state index contributed by atoms with van der Waals surface area (Å²) in [5.74, 6) is -1.60. The van der Waals surface area contributed by atoms with Crippen LogP contribution in [-0.4, -0.2) is 77.8 Å². The molecule has 0 aliphatic carbocycles. The van der Waals surface area contributed by atoms with E-state index in [4.69, 9.17) is 0 Å². The maximum atomic E-state index is 12.2. The third-order valence-corrected chi connectivity index (χ3v) is 5.10. The highest BCUT2D eigenvalue weighted by molar-refractivity contribution is 6.00. The Morgan fingerprint density at radius 3 is 2.77 bits per heavy atom. The van der Waals surface area contributed by atoms with Gasteiger partial charge in [-0.05, 0) is 18.9 Å². The smallest absolute Gasteiger partial charge is 0.407 e. The van der Waals surface area contributed by atoms with Crippen LogP contribution in [-0.2, 0) is 14.3 Å². The molecule has 10 nitrogen and oxygen atoms in total. The number of amidine groups is 1. The molecule has 4 atom stereocenters. The molecule has 0 aromatic carbocycles. The number of alkyl carbamates (subject to hydrolysis) is 1. The lowest BCUT2D eigenvalue weighted by molar-refractivity contribution is -0.161. The van der Waals surface area contributed by atoms with E-state index in [-0.39, 0.29) is 30.1 Å². The van der Waals surface area contributed by atoms with Gasteiger partial charge in [0.05, 0.1) is 31.7 Å². The van der Waals surface area contributed by atoms with Crippen molar-refractivity contribution < 1.29 is 29.3 Å². The van der Waals surface area contributed by atoms with Crippen molar-refractivity contribution in [2.24, 2.45) is 16.8 Å². The summed E-state index contributed by atoms with van der Waals surface area (Å²) in [6.07, 6.45) is -0.937. The molecule has 3 aliphatic rings. The summed E-state index contributed by atoms with van der Waals surface area (Å²) < 4.78 is 4.49. The molecule has 4 N–H and O–H groups in total. The SMILES string of the molecule is COC(=O)NCC1=NCC(C2=C(C(=O)O)N3C(=O)[C@H]([C@@H](C)O)[C@H]3C2)CN1. The number of methoxy groups -OCH3 is 1. The largest absolute Gasteiger partial charge is 0.477 e. The Hall–Kier alpha value is -2.62. The highest BCUT2D eigenvalue weighted by Gasteiger charge is 2.57. The van der Waals surface area contributed by atoms with Gasteiger partial charge in [0, 0.05) is 19.0 Å². The number of nitrogens with zero attached hydrogens (tertiary/aromatic N) is 2. The minimum absolute atomic E-state index is 0.0232. The Morgan fingerprint density at radius 1 is 1.50 bits per heavy atom. The van der Waals surface area contributed by atoms with Gasteiger partial charge in [-0.2, -0.15) is 0 Å². The minimum atomic E-state index is -1.14. The zero-order chi connectivity index (χ0) is 19.0. The first-order valence-corrected chi connectivity index (χ1v) is 8.41.